The molecule has 2 amide bonds. The van der Waals surface area contributed by atoms with Crippen LogP contribution in [0, 0.1) is 23.2 Å². The molecular weight excluding hydrogens is 487 g/mol. The standard InChI is InChI=1S/C27H28Cl2N2O4/c28-20-2-1-3-21(29)23(20)24(32)30-19-6-4-15(5-7-19)11-22(25(33)34)31-26(35)27-12-16-8-17(13-27)10-18(9-16)14-27/h1-7,16-18,22H,8-14H2,(H,30,32)(H,31,35)(H,33,34). The van der Waals surface area contributed by atoms with E-state index in [4.69, 9.17) is 23.2 Å². The second-order valence-electron chi connectivity index (χ2n) is 10.5. The summed E-state index contributed by atoms with van der Waals surface area (Å²) in [6.07, 6.45) is 6.50. The summed E-state index contributed by atoms with van der Waals surface area (Å²) in [6.45, 7) is 0. The Bertz CT molecular complexity index is 1110. The van der Waals surface area contributed by atoms with E-state index in [-0.39, 0.29) is 27.9 Å². The largest absolute Gasteiger partial charge is 0.480 e. The first-order valence-electron chi connectivity index (χ1n) is 12.1. The number of hydrogen-bond acceptors (Lipinski definition) is 3. The van der Waals surface area contributed by atoms with Gasteiger partial charge in [-0.1, -0.05) is 41.4 Å². The van der Waals surface area contributed by atoms with E-state index in [9.17, 15) is 19.5 Å². The Balaban J connectivity index is 1.23. The van der Waals surface area contributed by atoms with Gasteiger partial charge in [-0.15, -0.1) is 0 Å². The normalized spacial score (nSPS) is 27.3. The number of aliphatic carboxylic acids is 1. The molecule has 4 aliphatic rings. The second kappa shape index (κ2) is 9.47. The van der Waals surface area contributed by atoms with Crippen molar-refractivity contribution in [1.29, 1.82) is 0 Å². The Kier molecular flexibility index (Phi) is 6.53. The highest BCUT2D eigenvalue weighted by Crippen LogP contribution is 2.60. The molecule has 4 saturated carbocycles. The highest BCUT2D eigenvalue weighted by Gasteiger charge is 2.54. The second-order valence-corrected chi connectivity index (χ2v) is 11.3. The molecule has 0 aliphatic heterocycles. The molecule has 1 atom stereocenters. The van der Waals surface area contributed by atoms with Crippen LogP contribution in [-0.2, 0) is 16.0 Å². The van der Waals surface area contributed by atoms with Gasteiger partial charge in [0.05, 0.1) is 15.6 Å². The molecule has 0 spiro atoms. The fourth-order valence-corrected chi connectivity index (χ4v) is 7.34. The third-order valence-corrected chi connectivity index (χ3v) is 8.59. The lowest BCUT2D eigenvalue weighted by molar-refractivity contribution is -0.151. The molecule has 1 unspecified atom stereocenters. The highest BCUT2D eigenvalue weighted by atomic mass is 35.5. The van der Waals surface area contributed by atoms with Crippen molar-refractivity contribution in [1.82, 2.24) is 5.32 Å². The van der Waals surface area contributed by atoms with Crippen molar-refractivity contribution in [2.45, 2.75) is 51.0 Å². The van der Waals surface area contributed by atoms with Gasteiger partial charge in [0.25, 0.3) is 5.91 Å². The zero-order chi connectivity index (χ0) is 24.7. The molecular formula is C27H28Cl2N2O4. The van der Waals surface area contributed by atoms with Gasteiger partial charge < -0.3 is 15.7 Å². The maximum Gasteiger partial charge on any atom is 0.326 e. The molecule has 4 fully saturated rings. The lowest BCUT2D eigenvalue weighted by atomic mass is 9.49. The number of hydrogen-bond donors (Lipinski definition) is 3. The van der Waals surface area contributed by atoms with Crippen molar-refractivity contribution < 1.29 is 19.5 Å². The molecule has 3 N–H and O–H groups in total. The summed E-state index contributed by atoms with van der Waals surface area (Å²) in [7, 11) is 0. The first kappa shape index (κ1) is 24.1. The van der Waals surface area contributed by atoms with Crippen molar-refractivity contribution in [2.24, 2.45) is 23.2 Å². The lowest BCUT2D eigenvalue weighted by Crippen LogP contribution is -2.56. The summed E-state index contributed by atoms with van der Waals surface area (Å²) in [6, 6.07) is 10.7. The molecule has 6 rings (SSSR count). The van der Waals surface area contributed by atoms with Gasteiger partial charge in [-0.2, -0.15) is 0 Å². The van der Waals surface area contributed by atoms with Gasteiger partial charge in [0.2, 0.25) is 5.91 Å². The van der Waals surface area contributed by atoms with Crippen LogP contribution in [0.25, 0.3) is 0 Å². The molecule has 0 saturated heterocycles. The van der Waals surface area contributed by atoms with Crippen LogP contribution >= 0.6 is 23.2 Å². The third-order valence-electron chi connectivity index (χ3n) is 7.96. The number of benzene rings is 2. The minimum Gasteiger partial charge on any atom is -0.480 e. The Morgan fingerprint density at radius 3 is 1.97 bits per heavy atom. The van der Waals surface area contributed by atoms with Crippen LogP contribution in [0.5, 0.6) is 0 Å². The summed E-state index contributed by atoms with van der Waals surface area (Å²) in [5, 5.41) is 16.0. The first-order chi connectivity index (χ1) is 16.7. The van der Waals surface area contributed by atoms with Crippen LogP contribution < -0.4 is 10.6 Å². The molecule has 0 aromatic heterocycles. The zero-order valence-corrected chi connectivity index (χ0v) is 20.7. The van der Waals surface area contributed by atoms with Crippen LogP contribution in [-0.4, -0.2) is 28.9 Å². The number of anilines is 1. The lowest BCUT2D eigenvalue weighted by Gasteiger charge is -2.55. The fraction of sp³-hybridized carbons (Fsp3) is 0.444. The Labute approximate surface area is 214 Å². The Morgan fingerprint density at radius 1 is 0.914 bits per heavy atom. The summed E-state index contributed by atoms with van der Waals surface area (Å²) in [5.74, 6) is 0.258. The molecule has 2 aromatic carbocycles. The average Bonchev–Trinajstić information content (AvgIpc) is 2.78. The van der Waals surface area contributed by atoms with Gasteiger partial charge in [-0.05, 0) is 86.1 Å². The molecule has 0 radical (unpaired) electrons. The topological polar surface area (TPSA) is 95.5 Å². The molecule has 6 nitrogen and oxygen atoms in total. The minimum absolute atomic E-state index is 0.0931. The van der Waals surface area contributed by atoms with Crippen molar-refractivity contribution in [2.75, 3.05) is 5.32 Å². The third kappa shape index (κ3) is 4.91. The van der Waals surface area contributed by atoms with E-state index in [0.717, 1.165) is 24.8 Å². The molecule has 35 heavy (non-hydrogen) atoms. The Hall–Kier alpha value is -2.57. The maximum absolute atomic E-state index is 13.3. The van der Waals surface area contributed by atoms with Gasteiger partial charge >= 0.3 is 5.97 Å². The smallest absolute Gasteiger partial charge is 0.326 e. The molecule has 0 heterocycles. The number of halogens is 2. The monoisotopic (exact) mass is 514 g/mol. The Morgan fingerprint density at radius 2 is 1.46 bits per heavy atom. The van der Waals surface area contributed by atoms with Crippen LogP contribution in [0.2, 0.25) is 10.0 Å². The predicted molar refractivity (Wildman–Crippen MR) is 135 cm³/mol. The number of carboxylic acid groups (broad SMARTS) is 1. The molecule has 8 heteroatoms. The fourth-order valence-electron chi connectivity index (χ4n) is 6.77. The average molecular weight is 515 g/mol. The number of rotatable bonds is 7. The number of carboxylic acids is 1. The van der Waals surface area contributed by atoms with Crippen molar-refractivity contribution in [3.8, 4) is 0 Å². The maximum atomic E-state index is 13.3. The molecule has 2 aromatic rings. The van der Waals surface area contributed by atoms with Gasteiger partial charge in [0.1, 0.15) is 6.04 Å². The van der Waals surface area contributed by atoms with Crippen molar-refractivity contribution in [3.63, 3.8) is 0 Å². The van der Waals surface area contributed by atoms with Gasteiger partial charge in [-0.25, -0.2) is 4.79 Å². The van der Waals surface area contributed by atoms with Crippen molar-refractivity contribution in [3.05, 3.63) is 63.6 Å². The molecule has 4 bridgehead atoms. The van der Waals surface area contributed by atoms with Gasteiger partial charge in [-0.3, -0.25) is 9.59 Å². The molecule has 4 aliphatic carbocycles. The van der Waals surface area contributed by atoms with Crippen LogP contribution in [0.1, 0.15) is 54.4 Å². The van der Waals surface area contributed by atoms with E-state index in [0.29, 0.717) is 23.4 Å². The van der Waals surface area contributed by atoms with E-state index < -0.39 is 23.3 Å². The zero-order valence-electron chi connectivity index (χ0n) is 19.2. The number of amides is 2. The summed E-state index contributed by atoms with van der Waals surface area (Å²) < 4.78 is 0. The highest BCUT2D eigenvalue weighted by molar-refractivity contribution is 6.40. The van der Waals surface area contributed by atoms with E-state index in [1.807, 2.05) is 0 Å². The quantitative estimate of drug-likeness (QED) is 0.449. The van der Waals surface area contributed by atoms with Gasteiger partial charge in [0.15, 0.2) is 0 Å². The summed E-state index contributed by atoms with van der Waals surface area (Å²) in [5.41, 5.74) is 1.07. The first-order valence-corrected chi connectivity index (χ1v) is 12.9. The van der Waals surface area contributed by atoms with Crippen molar-refractivity contribution >= 4 is 46.7 Å². The number of carbonyl (C=O) groups excluding carboxylic acids is 2. The van der Waals surface area contributed by atoms with Crippen LogP contribution in [0.15, 0.2) is 42.5 Å². The van der Waals surface area contributed by atoms with Gasteiger partial charge in [0, 0.05) is 17.5 Å². The summed E-state index contributed by atoms with van der Waals surface area (Å²) >= 11 is 12.2. The van der Waals surface area contributed by atoms with Crippen LogP contribution in [0.4, 0.5) is 5.69 Å². The van der Waals surface area contributed by atoms with E-state index in [1.54, 1.807) is 42.5 Å². The SMILES string of the molecule is O=C(Nc1ccc(CC(NC(=O)C23CC4CC(CC(C4)C2)C3)C(=O)O)cc1)c1c(Cl)cccc1Cl. The number of nitrogens with one attached hydrogen (secondary N) is 2. The minimum atomic E-state index is -1.05. The van der Waals surface area contributed by atoms with E-state index >= 15 is 0 Å². The van der Waals surface area contributed by atoms with Crippen LogP contribution in [0.3, 0.4) is 0 Å². The van der Waals surface area contributed by atoms with E-state index in [1.165, 1.54) is 19.3 Å². The number of carbonyl (C=O) groups is 3. The predicted octanol–water partition coefficient (Wildman–Crippen LogP) is 5.57. The molecule has 184 valence electrons. The van der Waals surface area contributed by atoms with E-state index in [2.05, 4.69) is 10.6 Å². The summed E-state index contributed by atoms with van der Waals surface area (Å²) in [4.78, 5) is 37.9.